The number of fused-ring (bicyclic) bond motifs is 3. The van der Waals surface area contributed by atoms with Crippen molar-refractivity contribution in [3.8, 4) is 5.69 Å². The van der Waals surface area contributed by atoms with Crippen LogP contribution in [0.25, 0.3) is 5.69 Å². The van der Waals surface area contributed by atoms with Crippen molar-refractivity contribution in [2.24, 2.45) is 5.92 Å². The van der Waals surface area contributed by atoms with Gasteiger partial charge in [-0.05, 0) is 24.3 Å². The van der Waals surface area contributed by atoms with Gasteiger partial charge in [0, 0.05) is 37.9 Å². The van der Waals surface area contributed by atoms with Gasteiger partial charge in [0.25, 0.3) is 5.91 Å². The minimum absolute atomic E-state index is 0.0371. The molecule has 9 heteroatoms. The van der Waals surface area contributed by atoms with Crippen LogP contribution in [0.15, 0.2) is 36.7 Å². The van der Waals surface area contributed by atoms with Gasteiger partial charge in [-0.25, -0.2) is 4.68 Å². The van der Waals surface area contributed by atoms with E-state index in [0.29, 0.717) is 43.4 Å². The highest BCUT2D eigenvalue weighted by Crippen LogP contribution is 2.26. The van der Waals surface area contributed by atoms with Crippen LogP contribution in [0.3, 0.4) is 0 Å². The molecule has 0 radical (unpaired) electrons. The van der Waals surface area contributed by atoms with Gasteiger partial charge in [0.2, 0.25) is 0 Å². The first-order chi connectivity index (χ1) is 13.5. The molecule has 0 aliphatic carbocycles. The number of hydrogen-bond acceptors (Lipinski definition) is 5. The number of benzene rings is 1. The number of aliphatic carboxylic acids is 1. The first kappa shape index (κ1) is 18.9. The fourth-order valence-electron chi connectivity index (χ4n) is 3.91. The Morgan fingerprint density at radius 2 is 2.11 bits per heavy atom. The number of carboxylic acids is 1. The van der Waals surface area contributed by atoms with Gasteiger partial charge >= 0.3 is 5.97 Å². The van der Waals surface area contributed by atoms with E-state index in [1.807, 2.05) is 17.0 Å². The number of carbonyl (C=O) groups is 2. The summed E-state index contributed by atoms with van der Waals surface area (Å²) >= 11 is 6.36. The Bertz CT molecular complexity index is 873. The third-order valence-corrected chi connectivity index (χ3v) is 5.44. The Labute approximate surface area is 167 Å². The number of hydrogen-bond donors (Lipinski definition) is 1. The molecular weight excluding hydrogens is 384 g/mol. The molecule has 4 rings (SSSR count). The molecule has 3 heterocycles. The van der Waals surface area contributed by atoms with Crippen molar-refractivity contribution in [1.82, 2.24) is 19.6 Å². The summed E-state index contributed by atoms with van der Waals surface area (Å²) in [5.41, 5.74) is 1.16. The molecule has 1 aromatic heterocycles. The molecule has 0 unspecified atom stereocenters. The van der Waals surface area contributed by atoms with E-state index in [2.05, 4.69) is 5.10 Å². The topological polar surface area (TPSA) is 87.9 Å². The van der Waals surface area contributed by atoms with Gasteiger partial charge in [-0.3, -0.25) is 14.5 Å². The quantitative estimate of drug-likeness (QED) is 0.828. The van der Waals surface area contributed by atoms with Gasteiger partial charge in [-0.15, -0.1) is 0 Å². The Morgan fingerprint density at radius 1 is 1.25 bits per heavy atom. The van der Waals surface area contributed by atoms with Crippen LogP contribution >= 0.6 is 11.6 Å². The first-order valence-corrected chi connectivity index (χ1v) is 9.51. The number of nitrogens with zero attached hydrogens (tertiary/aromatic N) is 4. The second kappa shape index (κ2) is 7.90. The summed E-state index contributed by atoms with van der Waals surface area (Å²) in [4.78, 5) is 28.2. The van der Waals surface area contributed by atoms with Gasteiger partial charge in [-0.1, -0.05) is 11.6 Å². The second-order valence-electron chi connectivity index (χ2n) is 7.22. The summed E-state index contributed by atoms with van der Waals surface area (Å²) in [6.07, 6.45) is 3.47. The van der Waals surface area contributed by atoms with E-state index in [1.165, 1.54) is 0 Å². The fourth-order valence-corrected chi connectivity index (χ4v) is 4.10. The number of halogens is 1. The number of carboxylic acid groups (broad SMARTS) is 1. The third-order valence-electron chi connectivity index (χ3n) is 5.11. The van der Waals surface area contributed by atoms with Crippen LogP contribution in [0.5, 0.6) is 0 Å². The van der Waals surface area contributed by atoms with Crippen molar-refractivity contribution in [3.05, 3.63) is 47.2 Å². The molecule has 1 N–H and O–H groups in total. The maximum atomic E-state index is 13.4. The maximum absolute atomic E-state index is 13.4. The number of carbonyl (C=O) groups excluding carboxylic acids is 1. The smallest absolute Gasteiger partial charge is 0.317 e. The number of amides is 1. The molecule has 2 atom stereocenters. The Hall–Kier alpha value is -2.42. The molecule has 28 heavy (non-hydrogen) atoms. The molecule has 148 valence electrons. The zero-order valence-electron chi connectivity index (χ0n) is 15.2. The van der Waals surface area contributed by atoms with Crippen molar-refractivity contribution in [3.63, 3.8) is 0 Å². The SMILES string of the molecule is O=C(O)CN1C[C@@H]2COC[C@H](C1)N(C(=O)c1cc(-n3cccn3)ccc1Cl)C2. The van der Waals surface area contributed by atoms with Crippen molar-refractivity contribution in [2.45, 2.75) is 6.04 Å². The van der Waals surface area contributed by atoms with Crippen LogP contribution in [0.4, 0.5) is 0 Å². The van der Waals surface area contributed by atoms with Gasteiger partial charge in [0.05, 0.1) is 42.1 Å². The average molecular weight is 405 g/mol. The van der Waals surface area contributed by atoms with Crippen LogP contribution in [0, 0.1) is 5.92 Å². The normalized spacial score (nSPS) is 22.7. The Kier molecular flexibility index (Phi) is 5.34. The van der Waals surface area contributed by atoms with Crippen LogP contribution in [-0.2, 0) is 9.53 Å². The van der Waals surface area contributed by atoms with Crippen molar-refractivity contribution in [1.29, 1.82) is 0 Å². The molecule has 8 nitrogen and oxygen atoms in total. The number of ether oxygens (including phenoxy) is 1. The molecule has 2 aliphatic heterocycles. The van der Waals surface area contributed by atoms with Gasteiger partial charge in [0.15, 0.2) is 0 Å². The van der Waals surface area contributed by atoms with Crippen molar-refractivity contribution in [2.75, 3.05) is 39.4 Å². The molecule has 0 saturated carbocycles. The average Bonchev–Trinajstić information content (AvgIpc) is 3.03. The summed E-state index contributed by atoms with van der Waals surface area (Å²) in [7, 11) is 0. The summed E-state index contributed by atoms with van der Waals surface area (Å²) in [5, 5.41) is 13.7. The zero-order chi connectivity index (χ0) is 19.7. The predicted octanol–water partition coefficient (Wildman–Crippen LogP) is 1.38. The molecule has 2 bridgehead atoms. The van der Waals surface area contributed by atoms with E-state index in [0.717, 1.165) is 5.69 Å². The lowest BCUT2D eigenvalue weighted by Crippen LogP contribution is -2.47. The monoisotopic (exact) mass is 404 g/mol. The Morgan fingerprint density at radius 3 is 2.86 bits per heavy atom. The molecule has 0 spiro atoms. The predicted molar refractivity (Wildman–Crippen MR) is 102 cm³/mol. The highest BCUT2D eigenvalue weighted by molar-refractivity contribution is 6.33. The summed E-state index contributed by atoms with van der Waals surface area (Å²) in [5.74, 6) is -0.978. The highest BCUT2D eigenvalue weighted by atomic mass is 35.5. The van der Waals surface area contributed by atoms with Crippen molar-refractivity contribution < 1.29 is 19.4 Å². The van der Waals surface area contributed by atoms with Crippen molar-refractivity contribution >= 4 is 23.5 Å². The minimum atomic E-state index is -0.867. The lowest BCUT2D eigenvalue weighted by atomic mass is 10.1. The largest absolute Gasteiger partial charge is 0.480 e. The molecule has 1 amide bonds. The van der Waals surface area contributed by atoms with Crippen LogP contribution < -0.4 is 0 Å². The third kappa shape index (κ3) is 3.89. The molecule has 2 aromatic rings. The molecular formula is C19H21ClN4O4. The second-order valence-corrected chi connectivity index (χ2v) is 7.62. The number of aromatic nitrogens is 2. The molecule has 1 aromatic carbocycles. The summed E-state index contributed by atoms with van der Waals surface area (Å²) < 4.78 is 7.40. The van der Waals surface area contributed by atoms with Gasteiger partial charge in [-0.2, -0.15) is 5.10 Å². The van der Waals surface area contributed by atoms with E-state index < -0.39 is 5.97 Å². The minimum Gasteiger partial charge on any atom is -0.480 e. The van der Waals surface area contributed by atoms with E-state index in [1.54, 1.807) is 34.1 Å². The lowest BCUT2D eigenvalue weighted by Gasteiger charge is -2.30. The van der Waals surface area contributed by atoms with Crippen LogP contribution in [0.2, 0.25) is 5.02 Å². The van der Waals surface area contributed by atoms with E-state index in [-0.39, 0.29) is 24.4 Å². The zero-order valence-corrected chi connectivity index (χ0v) is 16.0. The van der Waals surface area contributed by atoms with Gasteiger partial charge in [0.1, 0.15) is 0 Å². The van der Waals surface area contributed by atoms with Crippen LogP contribution in [-0.4, -0.2) is 82.0 Å². The lowest BCUT2D eigenvalue weighted by molar-refractivity contribution is -0.138. The summed E-state index contributed by atoms with van der Waals surface area (Å²) in [6.45, 7) is 2.43. The molecule has 2 saturated heterocycles. The summed E-state index contributed by atoms with van der Waals surface area (Å²) in [6, 6.07) is 6.84. The van der Waals surface area contributed by atoms with Gasteiger partial charge < -0.3 is 14.7 Å². The first-order valence-electron chi connectivity index (χ1n) is 9.13. The Balaban J connectivity index is 1.62. The van der Waals surface area contributed by atoms with Crippen LogP contribution in [0.1, 0.15) is 10.4 Å². The maximum Gasteiger partial charge on any atom is 0.317 e. The van der Waals surface area contributed by atoms with E-state index in [9.17, 15) is 9.59 Å². The van der Waals surface area contributed by atoms with E-state index >= 15 is 0 Å². The molecule has 2 aliphatic rings. The standard InChI is InChI=1S/C19H21ClN4O4/c20-17-3-2-14(24-5-1-4-21-24)6-16(17)19(27)23-8-13-7-22(10-18(25)26)9-15(23)12-28-11-13/h1-6,13,15H,7-12H2,(H,25,26)/t13-,15-/m0/s1. The van der Waals surface area contributed by atoms with E-state index in [4.69, 9.17) is 21.4 Å². The fraction of sp³-hybridized carbons (Fsp3) is 0.421. The highest BCUT2D eigenvalue weighted by Gasteiger charge is 2.37. The number of rotatable bonds is 4. The molecule has 2 fully saturated rings.